The first-order valence-electron chi connectivity index (χ1n) is 5.58. The van der Waals surface area contributed by atoms with Crippen LogP contribution in [0.4, 0.5) is 0 Å². The summed E-state index contributed by atoms with van der Waals surface area (Å²) >= 11 is 1.55. The Balaban J connectivity index is 1.90. The van der Waals surface area contributed by atoms with E-state index in [-0.39, 0.29) is 6.10 Å². The highest BCUT2D eigenvalue weighted by molar-refractivity contribution is 7.07. The molecule has 0 aliphatic carbocycles. The van der Waals surface area contributed by atoms with E-state index in [0.717, 1.165) is 11.3 Å². The number of rotatable bonds is 3. The number of pyridine rings is 1. The van der Waals surface area contributed by atoms with Crippen molar-refractivity contribution in [3.63, 3.8) is 0 Å². The lowest BCUT2D eigenvalue weighted by atomic mass is 10.1. The Morgan fingerprint density at radius 2 is 2.50 bits per heavy atom. The van der Waals surface area contributed by atoms with E-state index in [1.165, 1.54) is 0 Å². The Hall–Kier alpha value is -1.56. The summed E-state index contributed by atoms with van der Waals surface area (Å²) in [5, 5.41) is 1.97. The molecule has 1 aliphatic rings. The van der Waals surface area contributed by atoms with Crippen molar-refractivity contribution in [3.05, 3.63) is 59.3 Å². The predicted octanol–water partition coefficient (Wildman–Crippen LogP) is 2.67. The van der Waals surface area contributed by atoms with E-state index in [4.69, 9.17) is 9.47 Å². The standard InChI is InChI=1S/C13H12N2O2S/c1-2-13(10-4-3-5-14-6-10)16-7-12(17-13)11-8-18-9-15-11/h2-6,8-9,12H,1,7H2. The maximum atomic E-state index is 5.99. The molecule has 0 amide bonds. The van der Waals surface area contributed by atoms with Gasteiger partial charge in [-0.05, 0) is 12.1 Å². The van der Waals surface area contributed by atoms with E-state index in [9.17, 15) is 0 Å². The zero-order chi connectivity index (χ0) is 12.4. The molecular formula is C13H12N2O2S. The van der Waals surface area contributed by atoms with Gasteiger partial charge in [0.05, 0.1) is 17.8 Å². The third-order valence-electron chi connectivity index (χ3n) is 2.88. The van der Waals surface area contributed by atoms with Crippen LogP contribution in [-0.4, -0.2) is 16.6 Å². The molecule has 2 aromatic rings. The second kappa shape index (κ2) is 4.61. The first kappa shape index (κ1) is 11.5. The highest BCUT2D eigenvalue weighted by Crippen LogP contribution is 2.40. The van der Waals surface area contributed by atoms with E-state index < -0.39 is 5.79 Å². The van der Waals surface area contributed by atoms with E-state index >= 15 is 0 Å². The highest BCUT2D eigenvalue weighted by Gasteiger charge is 2.42. The fraction of sp³-hybridized carbons (Fsp3) is 0.231. The molecule has 2 aromatic heterocycles. The molecular weight excluding hydrogens is 248 g/mol. The average Bonchev–Trinajstić information content (AvgIpc) is 3.09. The molecule has 1 saturated heterocycles. The van der Waals surface area contributed by atoms with Gasteiger partial charge in [-0.2, -0.15) is 0 Å². The van der Waals surface area contributed by atoms with Crippen LogP contribution < -0.4 is 0 Å². The van der Waals surface area contributed by atoms with Crippen LogP contribution in [0, 0.1) is 0 Å². The van der Waals surface area contributed by atoms with Crippen LogP contribution >= 0.6 is 11.3 Å². The molecule has 0 N–H and O–H groups in total. The molecule has 92 valence electrons. The molecule has 2 unspecified atom stereocenters. The summed E-state index contributed by atoms with van der Waals surface area (Å²) in [5.41, 5.74) is 3.53. The minimum atomic E-state index is -0.914. The maximum absolute atomic E-state index is 5.99. The lowest BCUT2D eigenvalue weighted by Gasteiger charge is -2.23. The molecule has 0 saturated carbocycles. The van der Waals surface area contributed by atoms with E-state index in [0.29, 0.717) is 6.61 Å². The molecule has 5 heteroatoms. The van der Waals surface area contributed by atoms with Crippen molar-refractivity contribution in [2.45, 2.75) is 11.9 Å². The molecule has 0 spiro atoms. The van der Waals surface area contributed by atoms with Crippen molar-refractivity contribution in [2.24, 2.45) is 0 Å². The zero-order valence-electron chi connectivity index (χ0n) is 9.65. The monoisotopic (exact) mass is 260 g/mol. The largest absolute Gasteiger partial charge is 0.339 e. The van der Waals surface area contributed by atoms with Gasteiger partial charge in [-0.3, -0.25) is 4.98 Å². The third-order valence-corrected chi connectivity index (χ3v) is 3.49. The first-order chi connectivity index (χ1) is 8.84. The second-order valence-electron chi connectivity index (χ2n) is 3.94. The Labute approximate surface area is 109 Å². The summed E-state index contributed by atoms with van der Waals surface area (Å²) in [6, 6.07) is 3.77. The normalized spacial score (nSPS) is 27.2. The summed E-state index contributed by atoms with van der Waals surface area (Å²) in [4.78, 5) is 8.34. The topological polar surface area (TPSA) is 44.2 Å². The van der Waals surface area contributed by atoms with Gasteiger partial charge in [-0.25, -0.2) is 4.98 Å². The minimum absolute atomic E-state index is 0.158. The van der Waals surface area contributed by atoms with Crippen LogP contribution in [-0.2, 0) is 15.3 Å². The molecule has 0 radical (unpaired) electrons. The van der Waals surface area contributed by atoms with Crippen LogP contribution in [0.25, 0.3) is 0 Å². The summed E-state index contributed by atoms with van der Waals surface area (Å²) < 4.78 is 11.8. The maximum Gasteiger partial charge on any atom is 0.217 e. The molecule has 1 aliphatic heterocycles. The Morgan fingerprint density at radius 3 is 3.17 bits per heavy atom. The number of hydrogen-bond donors (Lipinski definition) is 0. The molecule has 1 fully saturated rings. The highest BCUT2D eigenvalue weighted by atomic mass is 32.1. The molecule has 3 rings (SSSR count). The van der Waals surface area contributed by atoms with E-state index in [2.05, 4.69) is 16.5 Å². The molecule has 2 atom stereocenters. The summed E-state index contributed by atoms with van der Waals surface area (Å²) in [7, 11) is 0. The molecule has 0 bridgehead atoms. The average molecular weight is 260 g/mol. The van der Waals surface area contributed by atoms with E-state index in [1.807, 2.05) is 17.5 Å². The number of ether oxygens (including phenoxy) is 2. The van der Waals surface area contributed by atoms with Crippen molar-refractivity contribution in [1.82, 2.24) is 9.97 Å². The number of nitrogens with zero attached hydrogens (tertiary/aromatic N) is 2. The van der Waals surface area contributed by atoms with Gasteiger partial charge in [0, 0.05) is 23.3 Å². The number of thiazole rings is 1. The lowest BCUT2D eigenvalue weighted by Crippen LogP contribution is -2.24. The van der Waals surface area contributed by atoms with E-state index in [1.54, 1.807) is 35.3 Å². The summed E-state index contributed by atoms with van der Waals surface area (Å²) in [6.07, 6.45) is 4.95. The summed E-state index contributed by atoms with van der Waals surface area (Å²) in [5.74, 6) is -0.914. The van der Waals surface area contributed by atoms with Gasteiger partial charge in [0.15, 0.2) is 0 Å². The van der Waals surface area contributed by atoms with Gasteiger partial charge in [0.2, 0.25) is 5.79 Å². The number of hydrogen-bond acceptors (Lipinski definition) is 5. The summed E-state index contributed by atoms with van der Waals surface area (Å²) in [6.45, 7) is 4.27. The van der Waals surface area contributed by atoms with Crippen molar-refractivity contribution in [2.75, 3.05) is 6.61 Å². The van der Waals surface area contributed by atoms with Crippen molar-refractivity contribution in [1.29, 1.82) is 0 Å². The fourth-order valence-electron chi connectivity index (χ4n) is 1.95. The molecule has 3 heterocycles. The fourth-order valence-corrected chi connectivity index (χ4v) is 2.55. The van der Waals surface area contributed by atoms with Crippen LogP contribution in [0.5, 0.6) is 0 Å². The minimum Gasteiger partial charge on any atom is -0.339 e. The molecule has 18 heavy (non-hydrogen) atoms. The van der Waals surface area contributed by atoms with Gasteiger partial charge < -0.3 is 9.47 Å². The van der Waals surface area contributed by atoms with Crippen LogP contribution in [0.2, 0.25) is 0 Å². The predicted molar refractivity (Wildman–Crippen MR) is 68.0 cm³/mol. The number of aromatic nitrogens is 2. The van der Waals surface area contributed by atoms with Crippen molar-refractivity contribution >= 4 is 11.3 Å². The van der Waals surface area contributed by atoms with Gasteiger partial charge in [-0.1, -0.05) is 12.6 Å². The van der Waals surface area contributed by atoms with Crippen LogP contribution in [0.15, 0.2) is 48.1 Å². The Kier molecular flexibility index (Phi) is 2.95. The molecule has 4 nitrogen and oxygen atoms in total. The van der Waals surface area contributed by atoms with Gasteiger partial charge in [0.1, 0.15) is 6.10 Å². The second-order valence-corrected chi connectivity index (χ2v) is 4.66. The lowest BCUT2D eigenvalue weighted by molar-refractivity contribution is -0.137. The quantitative estimate of drug-likeness (QED) is 0.796. The van der Waals surface area contributed by atoms with Gasteiger partial charge in [-0.15, -0.1) is 11.3 Å². The smallest absolute Gasteiger partial charge is 0.217 e. The van der Waals surface area contributed by atoms with Crippen molar-refractivity contribution < 1.29 is 9.47 Å². The Morgan fingerprint density at radius 1 is 1.56 bits per heavy atom. The third kappa shape index (κ3) is 1.86. The van der Waals surface area contributed by atoms with Crippen LogP contribution in [0.1, 0.15) is 17.4 Å². The molecule has 0 aromatic carbocycles. The zero-order valence-corrected chi connectivity index (χ0v) is 10.5. The van der Waals surface area contributed by atoms with Gasteiger partial charge in [0.25, 0.3) is 0 Å². The first-order valence-corrected chi connectivity index (χ1v) is 6.52. The van der Waals surface area contributed by atoms with Crippen molar-refractivity contribution in [3.8, 4) is 0 Å². The SMILES string of the molecule is C=CC1(c2cccnc2)OCC(c2cscn2)O1. The Bertz CT molecular complexity index is 529. The van der Waals surface area contributed by atoms with Gasteiger partial charge >= 0.3 is 0 Å². The van der Waals surface area contributed by atoms with Crippen LogP contribution in [0.3, 0.4) is 0 Å².